The number of azide groups is 1. The third kappa shape index (κ3) is 8.18. The lowest BCUT2D eigenvalue weighted by atomic mass is 9.91. The van der Waals surface area contributed by atoms with Crippen LogP contribution in [0.2, 0.25) is 0 Å². The van der Waals surface area contributed by atoms with Crippen molar-refractivity contribution < 1.29 is 9.47 Å². The quantitative estimate of drug-likeness (QED) is 0.135. The summed E-state index contributed by atoms with van der Waals surface area (Å²) in [6, 6.07) is 0.223. The van der Waals surface area contributed by atoms with Gasteiger partial charge in [-0.2, -0.15) is 0 Å². The molecule has 0 aromatic rings. The predicted molar refractivity (Wildman–Crippen MR) is 91.1 cm³/mol. The highest BCUT2D eigenvalue weighted by molar-refractivity contribution is 14.1. The summed E-state index contributed by atoms with van der Waals surface area (Å²) >= 11 is 2.28. The fraction of sp³-hybridized carbons (Fsp3) is 1.00. The van der Waals surface area contributed by atoms with Crippen LogP contribution in [0, 0.1) is 5.92 Å². The van der Waals surface area contributed by atoms with Crippen LogP contribution < -0.4 is 11.5 Å². The summed E-state index contributed by atoms with van der Waals surface area (Å²) < 4.78 is 12.2. The molecule has 7 nitrogen and oxygen atoms in total. The molecule has 21 heavy (non-hydrogen) atoms. The fourth-order valence-corrected chi connectivity index (χ4v) is 2.94. The molecular weight excluding hydrogens is 385 g/mol. The van der Waals surface area contributed by atoms with Crippen LogP contribution in [0.15, 0.2) is 5.11 Å². The van der Waals surface area contributed by atoms with Gasteiger partial charge in [0.2, 0.25) is 0 Å². The topological polar surface area (TPSA) is 119 Å². The minimum Gasteiger partial charge on any atom is -0.350 e. The second-order valence-electron chi connectivity index (χ2n) is 5.47. The Labute approximate surface area is 139 Å². The highest BCUT2D eigenvalue weighted by atomic mass is 127. The lowest BCUT2D eigenvalue weighted by molar-refractivity contribution is -0.0896. The first-order valence-corrected chi connectivity index (χ1v) is 9.01. The van der Waals surface area contributed by atoms with Crippen molar-refractivity contribution in [3.63, 3.8) is 0 Å². The van der Waals surface area contributed by atoms with Gasteiger partial charge in [-0.15, -0.1) is 0 Å². The molecule has 0 aromatic heterocycles. The summed E-state index contributed by atoms with van der Waals surface area (Å²) in [5, 5.41) is 3.55. The molecule has 0 saturated carbocycles. The monoisotopic (exact) mass is 411 g/mol. The Bertz CT molecular complexity index is 322. The number of nitrogens with two attached hydrogens (primary N) is 2. The molecule has 1 aliphatic heterocycles. The summed E-state index contributed by atoms with van der Waals surface area (Å²) in [6.45, 7) is 1.85. The lowest BCUT2D eigenvalue weighted by Crippen LogP contribution is -2.36. The van der Waals surface area contributed by atoms with Crippen molar-refractivity contribution in [2.45, 2.75) is 50.5 Å². The molecule has 4 N–H and O–H groups in total. The summed E-state index contributed by atoms with van der Waals surface area (Å²) in [5.41, 5.74) is 20.4. The number of nitrogens with zero attached hydrogens (tertiary/aromatic N) is 3. The lowest BCUT2D eigenvalue weighted by Gasteiger charge is -2.26. The zero-order valence-corrected chi connectivity index (χ0v) is 14.5. The normalized spacial score (nSPS) is 20.0. The van der Waals surface area contributed by atoms with Crippen molar-refractivity contribution >= 4 is 22.6 Å². The third-order valence-electron chi connectivity index (χ3n) is 3.59. The highest BCUT2D eigenvalue weighted by Gasteiger charge is 2.28. The molecule has 0 aromatic carbocycles. The van der Waals surface area contributed by atoms with Gasteiger partial charge in [0, 0.05) is 33.9 Å². The molecule has 0 aliphatic carbocycles. The minimum absolute atomic E-state index is 0.0738. The SMILES string of the molecule is [N-]=[N+]=NCCCC[C@H](C[C@@H](N)C[C@@H](N)CI)C1OCCO1. The van der Waals surface area contributed by atoms with Gasteiger partial charge in [0.1, 0.15) is 0 Å². The number of alkyl halides is 1. The van der Waals surface area contributed by atoms with E-state index in [0.717, 1.165) is 36.5 Å². The van der Waals surface area contributed by atoms with Gasteiger partial charge in [-0.1, -0.05) is 34.1 Å². The first-order chi connectivity index (χ1) is 10.2. The molecule has 1 fully saturated rings. The molecule has 0 unspecified atom stereocenters. The van der Waals surface area contributed by atoms with Crippen LogP contribution in [0.3, 0.4) is 0 Å². The minimum atomic E-state index is -0.147. The summed E-state index contributed by atoms with van der Waals surface area (Å²) in [5.74, 6) is 0.287. The van der Waals surface area contributed by atoms with Gasteiger partial charge in [-0.3, -0.25) is 0 Å². The standard InChI is InChI=1S/C13H26IN5O2/c14-9-12(16)8-11(15)7-10(13-20-5-6-21-13)3-1-2-4-18-19-17/h10-13H,1-9,15-16H2/t10-,11-,12-/m1/s1. The van der Waals surface area contributed by atoms with E-state index in [0.29, 0.717) is 19.8 Å². The van der Waals surface area contributed by atoms with E-state index in [1.807, 2.05) is 0 Å². The predicted octanol–water partition coefficient (Wildman–Crippen LogP) is 2.33. The van der Waals surface area contributed by atoms with Gasteiger partial charge < -0.3 is 20.9 Å². The van der Waals surface area contributed by atoms with Crippen molar-refractivity contribution in [3.8, 4) is 0 Å². The number of unbranched alkanes of at least 4 members (excludes halogenated alkanes) is 1. The Morgan fingerprint density at radius 3 is 2.52 bits per heavy atom. The van der Waals surface area contributed by atoms with E-state index in [1.54, 1.807) is 0 Å². The molecule has 1 saturated heterocycles. The van der Waals surface area contributed by atoms with Gasteiger partial charge in [0.05, 0.1) is 13.2 Å². The Morgan fingerprint density at radius 2 is 1.90 bits per heavy atom. The summed E-state index contributed by atoms with van der Waals surface area (Å²) in [7, 11) is 0. The van der Waals surface area contributed by atoms with Gasteiger partial charge in [-0.05, 0) is 31.2 Å². The zero-order chi connectivity index (χ0) is 15.5. The summed E-state index contributed by atoms with van der Waals surface area (Å²) in [6.07, 6.45) is 4.37. The van der Waals surface area contributed by atoms with E-state index in [4.69, 9.17) is 26.5 Å². The van der Waals surface area contributed by atoms with Crippen LogP contribution in [0.1, 0.15) is 32.1 Å². The molecule has 0 radical (unpaired) electrons. The van der Waals surface area contributed by atoms with Crippen molar-refractivity contribution in [1.82, 2.24) is 0 Å². The maximum atomic E-state index is 8.26. The fourth-order valence-electron chi connectivity index (χ4n) is 2.58. The van der Waals surface area contributed by atoms with Crippen LogP contribution >= 0.6 is 22.6 Å². The van der Waals surface area contributed by atoms with Gasteiger partial charge in [-0.25, -0.2) is 0 Å². The summed E-state index contributed by atoms with van der Waals surface area (Å²) in [4.78, 5) is 2.76. The average Bonchev–Trinajstić information content (AvgIpc) is 2.99. The molecule has 1 rings (SSSR count). The molecule has 8 heteroatoms. The van der Waals surface area contributed by atoms with Crippen LogP contribution in [0.5, 0.6) is 0 Å². The van der Waals surface area contributed by atoms with Crippen LogP contribution in [0.25, 0.3) is 10.4 Å². The van der Waals surface area contributed by atoms with Crippen molar-refractivity contribution in [3.05, 3.63) is 10.4 Å². The number of hydrogen-bond donors (Lipinski definition) is 2. The first kappa shape index (κ1) is 18.9. The zero-order valence-electron chi connectivity index (χ0n) is 12.4. The molecule has 0 bridgehead atoms. The molecule has 1 heterocycles. The Balaban J connectivity index is 2.38. The highest BCUT2D eigenvalue weighted by Crippen LogP contribution is 2.25. The smallest absolute Gasteiger partial charge is 0.160 e. The Hall–Kier alpha value is -0.120. The van der Waals surface area contributed by atoms with Gasteiger partial charge in [0.15, 0.2) is 6.29 Å². The largest absolute Gasteiger partial charge is 0.350 e. The van der Waals surface area contributed by atoms with Crippen molar-refractivity contribution in [2.24, 2.45) is 22.5 Å². The van der Waals surface area contributed by atoms with Crippen molar-refractivity contribution in [2.75, 3.05) is 24.2 Å². The van der Waals surface area contributed by atoms with E-state index >= 15 is 0 Å². The average molecular weight is 411 g/mol. The molecule has 0 amide bonds. The van der Waals surface area contributed by atoms with Crippen LogP contribution in [0.4, 0.5) is 0 Å². The second-order valence-corrected chi connectivity index (χ2v) is 6.35. The van der Waals surface area contributed by atoms with E-state index in [9.17, 15) is 0 Å². The second kappa shape index (κ2) is 11.4. The van der Waals surface area contributed by atoms with E-state index in [-0.39, 0.29) is 24.3 Å². The number of halogens is 1. The van der Waals surface area contributed by atoms with E-state index < -0.39 is 0 Å². The van der Waals surface area contributed by atoms with Crippen molar-refractivity contribution in [1.29, 1.82) is 0 Å². The number of rotatable bonds is 11. The van der Waals surface area contributed by atoms with E-state index in [2.05, 4.69) is 32.6 Å². The van der Waals surface area contributed by atoms with E-state index in [1.165, 1.54) is 0 Å². The maximum Gasteiger partial charge on any atom is 0.160 e. The number of ether oxygens (including phenoxy) is 2. The molecule has 1 aliphatic rings. The van der Waals surface area contributed by atoms with Gasteiger partial charge >= 0.3 is 0 Å². The number of hydrogen-bond acceptors (Lipinski definition) is 5. The first-order valence-electron chi connectivity index (χ1n) is 7.48. The van der Waals surface area contributed by atoms with Crippen LogP contribution in [-0.2, 0) is 9.47 Å². The third-order valence-corrected chi connectivity index (χ3v) is 4.72. The Morgan fingerprint density at radius 1 is 1.19 bits per heavy atom. The molecule has 122 valence electrons. The Kier molecular flexibility index (Phi) is 10.3. The molecule has 3 atom stereocenters. The maximum absolute atomic E-state index is 8.26. The molecule has 0 spiro atoms. The van der Waals surface area contributed by atoms with Crippen LogP contribution in [-0.4, -0.2) is 42.6 Å². The molecular formula is C13H26IN5O2. The van der Waals surface area contributed by atoms with Gasteiger partial charge in [0.25, 0.3) is 0 Å².